The summed E-state index contributed by atoms with van der Waals surface area (Å²) >= 11 is 3.11. The first-order valence-corrected chi connectivity index (χ1v) is 6.67. The van der Waals surface area contributed by atoms with Crippen LogP contribution in [0.2, 0.25) is 0 Å². The molecular weight excluding hydrogens is 264 g/mol. The fourth-order valence-corrected chi connectivity index (χ4v) is 2.84. The summed E-state index contributed by atoms with van der Waals surface area (Å²) in [5, 5.41) is 0. The molecule has 4 heteroatoms. The summed E-state index contributed by atoms with van der Waals surface area (Å²) in [6.45, 7) is 1.77. The first kappa shape index (κ1) is 11.5. The van der Waals surface area contributed by atoms with Gasteiger partial charge < -0.3 is 0 Å². The summed E-state index contributed by atoms with van der Waals surface area (Å²) in [6, 6.07) is 8.46. The smallest absolute Gasteiger partial charge is 0.182 e. The fraction of sp³-hybridized carbons (Fsp3) is 0.200. The zero-order chi connectivity index (χ0) is 10.6. The first-order chi connectivity index (χ1) is 6.56. The van der Waals surface area contributed by atoms with Gasteiger partial charge in [0.25, 0.3) is 0 Å². The summed E-state index contributed by atoms with van der Waals surface area (Å²) in [7, 11) is -3.17. The highest BCUT2D eigenvalue weighted by atomic mass is 79.9. The lowest BCUT2D eigenvalue weighted by Crippen LogP contribution is -2.07. The van der Waals surface area contributed by atoms with E-state index in [9.17, 15) is 8.42 Å². The average molecular weight is 275 g/mol. The summed E-state index contributed by atoms with van der Waals surface area (Å²) in [5.41, 5.74) is 0.786. The van der Waals surface area contributed by atoms with Crippen molar-refractivity contribution in [2.24, 2.45) is 0 Å². The van der Waals surface area contributed by atoms with Crippen LogP contribution in [0.4, 0.5) is 0 Å². The normalized spacial score (nSPS) is 12.9. The summed E-state index contributed by atoms with van der Waals surface area (Å²) in [6.07, 6.45) is 0. The van der Waals surface area contributed by atoms with Crippen molar-refractivity contribution in [1.29, 1.82) is 0 Å². The molecule has 0 spiro atoms. The van der Waals surface area contributed by atoms with E-state index >= 15 is 0 Å². The highest BCUT2D eigenvalue weighted by molar-refractivity contribution is 9.11. The Labute approximate surface area is 92.7 Å². The third-order valence-corrected chi connectivity index (χ3v) is 4.31. The van der Waals surface area contributed by atoms with Crippen LogP contribution in [0.25, 0.3) is 0 Å². The van der Waals surface area contributed by atoms with E-state index in [0.29, 0.717) is 4.90 Å². The Hall–Kier alpha value is -0.610. The van der Waals surface area contributed by atoms with E-state index in [1.165, 1.54) is 0 Å². The fourth-order valence-electron chi connectivity index (χ4n) is 1.04. The molecule has 1 aromatic carbocycles. The maximum Gasteiger partial charge on any atom is 0.182 e. The highest BCUT2D eigenvalue weighted by Gasteiger charge is 2.13. The van der Waals surface area contributed by atoms with Gasteiger partial charge in [-0.15, -0.1) is 0 Å². The zero-order valence-corrected chi connectivity index (χ0v) is 10.2. The Balaban J connectivity index is 2.99. The molecule has 0 aliphatic rings. The van der Waals surface area contributed by atoms with Crippen molar-refractivity contribution in [3.05, 3.63) is 40.9 Å². The highest BCUT2D eigenvalue weighted by Crippen LogP contribution is 2.13. The molecule has 0 N–H and O–H groups in total. The molecule has 0 fully saturated rings. The predicted molar refractivity (Wildman–Crippen MR) is 61.2 cm³/mol. The SMILES string of the molecule is C/C(=C/Br)CS(=O)(=O)c1ccccc1. The van der Waals surface area contributed by atoms with Crippen molar-refractivity contribution in [2.75, 3.05) is 5.75 Å². The second-order valence-electron chi connectivity index (χ2n) is 3.03. The number of benzene rings is 1. The lowest BCUT2D eigenvalue weighted by molar-refractivity contribution is 0.598. The Morgan fingerprint density at radius 2 is 1.93 bits per heavy atom. The molecule has 0 heterocycles. The van der Waals surface area contributed by atoms with Crippen LogP contribution in [0.5, 0.6) is 0 Å². The summed E-state index contributed by atoms with van der Waals surface area (Å²) in [5.74, 6) is 0.0578. The molecule has 0 radical (unpaired) electrons. The first-order valence-electron chi connectivity index (χ1n) is 4.10. The lowest BCUT2D eigenvalue weighted by Gasteiger charge is -2.03. The van der Waals surface area contributed by atoms with Gasteiger partial charge in [0.15, 0.2) is 9.84 Å². The summed E-state index contributed by atoms with van der Waals surface area (Å²) in [4.78, 5) is 2.00. The number of halogens is 1. The minimum absolute atomic E-state index is 0.0578. The lowest BCUT2D eigenvalue weighted by atomic mass is 10.4. The molecule has 0 aliphatic heterocycles. The molecule has 0 aromatic heterocycles. The molecule has 0 saturated carbocycles. The second kappa shape index (κ2) is 4.75. The van der Waals surface area contributed by atoms with Gasteiger partial charge in [0.05, 0.1) is 10.6 Å². The molecule has 14 heavy (non-hydrogen) atoms. The van der Waals surface area contributed by atoms with Crippen molar-refractivity contribution < 1.29 is 8.42 Å². The second-order valence-corrected chi connectivity index (χ2v) is 5.48. The maximum atomic E-state index is 11.7. The molecule has 76 valence electrons. The van der Waals surface area contributed by atoms with Gasteiger partial charge >= 0.3 is 0 Å². The molecule has 0 bridgehead atoms. The van der Waals surface area contributed by atoms with Crippen molar-refractivity contribution in [3.63, 3.8) is 0 Å². The van der Waals surface area contributed by atoms with Crippen LogP contribution in [0.3, 0.4) is 0 Å². The van der Waals surface area contributed by atoms with E-state index in [2.05, 4.69) is 15.9 Å². The van der Waals surface area contributed by atoms with Gasteiger partial charge in [0.2, 0.25) is 0 Å². The van der Waals surface area contributed by atoms with E-state index in [1.54, 1.807) is 42.2 Å². The van der Waals surface area contributed by atoms with Crippen molar-refractivity contribution in [2.45, 2.75) is 11.8 Å². The number of rotatable bonds is 3. The van der Waals surface area contributed by atoms with Crippen LogP contribution in [0.1, 0.15) is 6.92 Å². The number of sulfone groups is 1. The molecule has 0 saturated heterocycles. The Kier molecular flexibility index (Phi) is 3.89. The Morgan fingerprint density at radius 1 is 1.36 bits per heavy atom. The molecule has 1 rings (SSSR count). The van der Waals surface area contributed by atoms with Crippen LogP contribution in [-0.4, -0.2) is 14.2 Å². The third-order valence-electron chi connectivity index (χ3n) is 1.71. The standard InChI is InChI=1S/C10H11BrO2S/c1-9(7-11)8-14(12,13)10-5-3-2-4-6-10/h2-7H,8H2,1H3/b9-7-. The monoisotopic (exact) mass is 274 g/mol. The Morgan fingerprint density at radius 3 is 2.43 bits per heavy atom. The van der Waals surface area contributed by atoms with Crippen molar-refractivity contribution >= 4 is 25.8 Å². The molecule has 1 aromatic rings. The van der Waals surface area contributed by atoms with Gasteiger partial charge in [-0.3, -0.25) is 0 Å². The van der Waals surface area contributed by atoms with Crippen molar-refractivity contribution in [3.8, 4) is 0 Å². The quantitative estimate of drug-likeness (QED) is 0.850. The van der Waals surface area contributed by atoms with Crippen LogP contribution in [-0.2, 0) is 9.84 Å². The van der Waals surface area contributed by atoms with E-state index in [-0.39, 0.29) is 5.75 Å². The van der Waals surface area contributed by atoms with Gasteiger partial charge in [-0.1, -0.05) is 39.7 Å². The van der Waals surface area contributed by atoms with Crippen LogP contribution in [0.15, 0.2) is 45.8 Å². The topological polar surface area (TPSA) is 34.1 Å². The molecular formula is C10H11BrO2S. The average Bonchev–Trinajstić information content (AvgIpc) is 2.18. The largest absolute Gasteiger partial charge is 0.223 e. The minimum atomic E-state index is -3.17. The van der Waals surface area contributed by atoms with E-state index in [4.69, 9.17) is 0 Å². The molecule has 0 unspecified atom stereocenters. The number of hydrogen-bond acceptors (Lipinski definition) is 2. The van der Waals surface area contributed by atoms with E-state index in [1.807, 2.05) is 0 Å². The molecule has 0 amide bonds. The van der Waals surface area contributed by atoms with E-state index < -0.39 is 9.84 Å². The van der Waals surface area contributed by atoms with Gasteiger partial charge in [0.1, 0.15) is 0 Å². The van der Waals surface area contributed by atoms with E-state index in [0.717, 1.165) is 5.57 Å². The summed E-state index contributed by atoms with van der Waals surface area (Å²) < 4.78 is 23.5. The predicted octanol–water partition coefficient (Wildman–Crippen LogP) is 2.76. The van der Waals surface area contributed by atoms with Gasteiger partial charge in [-0.2, -0.15) is 0 Å². The maximum absolute atomic E-state index is 11.7. The van der Waals surface area contributed by atoms with Crippen LogP contribution < -0.4 is 0 Å². The van der Waals surface area contributed by atoms with Crippen LogP contribution in [0, 0.1) is 0 Å². The molecule has 2 nitrogen and oxygen atoms in total. The van der Waals surface area contributed by atoms with Gasteiger partial charge in [0, 0.05) is 0 Å². The van der Waals surface area contributed by atoms with Gasteiger partial charge in [-0.25, -0.2) is 8.42 Å². The van der Waals surface area contributed by atoms with Gasteiger partial charge in [-0.05, 0) is 24.0 Å². The van der Waals surface area contributed by atoms with Crippen LogP contribution >= 0.6 is 15.9 Å². The minimum Gasteiger partial charge on any atom is -0.223 e. The third kappa shape index (κ3) is 2.96. The Bertz CT molecular complexity index is 421. The molecule has 0 aliphatic carbocycles. The zero-order valence-electron chi connectivity index (χ0n) is 7.77. The number of hydrogen-bond donors (Lipinski definition) is 0. The van der Waals surface area contributed by atoms with Crippen molar-refractivity contribution in [1.82, 2.24) is 0 Å². The molecule has 0 atom stereocenters.